The van der Waals surface area contributed by atoms with Crippen LogP contribution < -0.4 is 10.6 Å². The van der Waals surface area contributed by atoms with Crippen LogP contribution in [0.1, 0.15) is 16.7 Å². The fourth-order valence-electron chi connectivity index (χ4n) is 2.19. The average molecular weight is 241 g/mol. The molecule has 0 amide bonds. The molecule has 2 rings (SSSR count). The van der Waals surface area contributed by atoms with E-state index in [-0.39, 0.29) is 0 Å². The maximum absolute atomic E-state index is 5.76. The Bertz CT molecular complexity index is 529. The highest BCUT2D eigenvalue weighted by Gasteiger charge is 2.09. The molecule has 94 valence electrons. The van der Waals surface area contributed by atoms with Crippen LogP contribution in [0.3, 0.4) is 0 Å². The van der Waals surface area contributed by atoms with Crippen molar-refractivity contribution in [1.82, 2.24) is 4.98 Å². The van der Waals surface area contributed by atoms with Crippen molar-refractivity contribution >= 4 is 11.4 Å². The van der Waals surface area contributed by atoms with Crippen molar-refractivity contribution in [2.24, 2.45) is 5.73 Å². The van der Waals surface area contributed by atoms with Crippen LogP contribution in [0.5, 0.6) is 0 Å². The lowest BCUT2D eigenvalue weighted by Gasteiger charge is -2.22. The molecule has 3 nitrogen and oxygen atoms in total. The molecule has 0 unspecified atom stereocenters. The van der Waals surface area contributed by atoms with E-state index in [1.54, 1.807) is 6.20 Å². The number of hydrogen-bond donors (Lipinski definition) is 1. The number of pyridine rings is 1. The summed E-state index contributed by atoms with van der Waals surface area (Å²) in [6, 6.07) is 8.52. The number of benzene rings is 1. The summed E-state index contributed by atoms with van der Waals surface area (Å²) in [5.74, 6) is 0. The molecular weight excluding hydrogens is 222 g/mol. The van der Waals surface area contributed by atoms with E-state index in [0.29, 0.717) is 6.54 Å². The topological polar surface area (TPSA) is 42.2 Å². The molecule has 0 radical (unpaired) electrons. The second-order valence-electron chi connectivity index (χ2n) is 4.61. The molecule has 3 heteroatoms. The second kappa shape index (κ2) is 5.19. The minimum absolute atomic E-state index is 0.498. The first-order valence-electron chi connectivity index (χ1n) is 6.07. The van der Waals surface area contributed by atoms with Crippen molar-refractivity contribution in [3.8, 4) is 0 Å². The van der Waals surface area contributed by atoms with E-state index in [0.717, 1.165) is 11.3 Å². The Hall–Kier alpha value is -1.87. The van der Waals surface area contributed by atoms with Gasteiger partial charge in [0.2, 0.25) is 0 Å². The lowest BCUT2D eigenvalue weighted by atomic mass is 10.1. The van der Waals surface area contributed by atoms with Crippen LogP contribution in [-0.2, 0) is 6.54 Å². The van der Waals surface area contributed by atoms with E-state index in [1.165, 1.54) is 16.8 Å². The number of rotatable bonds is 3. The van der Waals surface area contributed by atoms with Crippen molar-refractivity contribution in [2.75, 3.05) is 11.9 Å². The molecule has 18 heavy (non-hydrogen) atoms. The monoisotopic (exact) mass is 241 g/mol. The zero-order chi connectivity index (χ0) is 13.1. The molecular formula is C15H19N3. The van der Waals surface area contributed by atoms with Gasteiger partial charge < -0.3 is 10.6 Å². The molecule has 1 heterocycles. The van der Waals surface area contributed by atoms with Crippen molar-refractivity contribution in [3.05, 3.63) is 53.3 Å². The number of hydrogen-bond acceptors (Lipinski definition) is 3. The predicted molar refractivity (Wildman–Crippen MR) is 76.1 cm³/mol. The molecule has 0 bridgehead atoms. The van der Waals surface area contributed by atoms with Gasteiger partial charge in [-0.25, -0.2) is 0 Å². The molecule has 2 N–H and O–H groups in total. The lowest BCUT2D eigenvalue weighted by molar-refractivity contribution is 1.02. The fourth-order valence-corrected chi connectivity index (χ4v) is 2.19. The van der Waals surface area contributed by atoms with Gasteiger partial charge in [0.05, 0.1) is 0 Å². The molecule has 0 saturated heterocycles. The summed E-state index contributed by atoms with van der Waals surface area (Å²) < 4.78 is 0. The van der Waals surface area contributed by atoms with Crippen LogP contribution in [0.4, 0.5) is 11.4 Å². The van der Waals surface area contributed by atoms with E-state index >= 15 is 0 Å². The fraction of sp³-hybridized carbons (Fsp3) is 0.267. The third kappa shape index (κ3) is 2.51. The summed E-state index contributed by atoms with van der Waals surface area (Å²) in [5.41, 5.74) is 11.6. The molecule has 0 fully saturated rings. The van der Waals surface area contributed by atoms with E-state index in [1.807, 2.05) is 12.3 Å². The first-order valence-corrected chi connectivity index (χ1v) is 6.07. The quantitative estimate of drug-likeness (QED) is 0.898. The van der Waals surface area contributed by atoms with E-state index in [9.17, 15) is 0 Å². The highest BCUT2D eigenvalue weighted by atomic mass is 15.1. The molecule has 0 aliphatic heterocycles. The van der Waals surface area contributed by atoms with Crippen LogP contribution in [0.25, 0.3) is 0 Å². The SMILES string of the molecule is Cc1cc(C)cc(N(C)c2ccncc2CN)c1. The van der Waals surface area contributed by atoms with Gasteiger partial charge in [0.25, 0.3) is 0 Å². The predicted octanol–water partition coefficient (Wildman–Crippen LogP) is 2.93. The Balaban J connectivity index is 2.44. The Morgan fingerprint density at radius 2 is 1.83 bits per heavy atom. The van der Waals surface area contributed by atoms with E-state index in [4.69, 9.17) is 5.73 Å². The number of nitrogens with zero attached hydrogens (tertiary/aromatic N) is 2. The summed E-state index contributed by atoms with van der Waals surface area (Å²) in [6.45, 7) is 4.72. The Morgan fingerprint density at radius 1 is 1.17 bits per heavy atom. The Labute approximate surface area is 108 Å². The zero-order valence-electron chi connectivity index (χ0n) is 11.1. The van der Waals surface area contributed by atoms with Crippen LogP contribution in [0, 0.1) is 13.8 Å². The van der Waals surface area contributed by atoms with E-state index in [2.05, 4.69) is 49.0 Å². The van der Waals surface area contributed by atoms with Crippen molar-refractivity contribution < 1.29 is 0 Å². The largest absolute Gasteiger partial charge is 0.344 e. The van der Waals surface area contributed by atoms with Crippen LogP contribution in [0.15, 0.2) is 36.7 Å². The van der Waals surface area contributed by atoms with Gasteiger partial charge in [0, 0.05) is 42.9 Å². The molecule has 1 aromatic heterocycles. The van der Waals surface area contributed by atoms with Gasteiger partial charge in [-0.05, 0) is 43.2 Å². The van der Waals surface area contributed by atoms with Gasteiger partial charge in [0.1, 0.15) is 0 Å². The molecule has 0 saturated carbocycles. The van der Waals surface area contributed by atoms with Gasteiger partial charge in [-0.3, -0.25) is 4.98 Å². The Morgan fingerprint density at radius 3 is 2.44 bits per heavy atom. The number of aryl methyl sites for hydroxylation is 2. The summed E-state index contributed by atoms with van der Waals surface area (Å²) in [6.07, 6.45) is 3.63. The third-order valence-electron chi connectivity index (χ3n) is 3.05. The first-order chi connectivity index (χ1) is 8.61. The van der Waals surface area contributed by atoms with Gasteiger partial charge in [-0.15, -0.1) is 0 Å². The van der Waals surface area contributed by atoms with Gasteiger partial charge in [-0.1, -0.05) is 6.07 Å². The smallest absolute Gasteiger partial charge is 0.0484 e. The van der Waals surface area contributed by atoms with E-state index < -0.39 is 0 Å². The number of nitrogens with two attached hydrogens (primary N) is 1. The average Bonchev–Trinajstić information content (AvgIpc) is 2.36. The number of aromatic nitrogens is 1. The Kier molecular flexibility index (Phi) is 3.63. The van der Waals surface area contributed by atoms with Crippen LogP contribution in [-0.4, -0.2) is 12.0 Å². The van der Waals surface area contributed by atoms with Gasteiger partial charge in [0.15, 0.2) is 0 Å². The highest BCUT2D eigenvalue weighted by Crippen LogP contribution is 2.27. The number of anilines is 2. The summed E-state index contributed by atoms with van der Waals surface area (Å²) in [4.78, 5) is 6.28. The third-order valence-corrected chi connectivity index (χ3v) is 3.05. The normalized spacial score (nSPS) is 10.4. The molecule has 2 aromatic rings. The van der Waals surface area contributed by atoms with Crippen LogP contribution in [0.2, 0.25) is 0 Å². The summed E-state index contributed by atoms with van der Waals surface area (Å²) >= 11 is 0. The second-order valence-corrected chi connectivity index (χ2v) is 4.61. The minimum atomic E-state index is 0.498. The highest BCUT2D eigenvalue weighted by molar-refractivity contribution is 5.66. The van der Waals surface area contributed by atoms with Crippen molar-refractivity contribution in [3.63, 3.8) is 0 Å². The standard InChI is InChI=1S/C15H19N3/c1-11-6-12(2)8-14(7-11)18(3)15-4-5-17-10-13(15)9-16/h4-8,10H,9,16H2,1-3H3. The van der Waals surface area contributed by atoms with Gasteiger partial charge in [-0.2, -0.15) is 0 Å². The van der Waals surface area contributed by atoms with Crippen molar-refractivity contribution in [2.45, 2.75) is 20.4 Å². The molecule has 0 spiro atoms. The molecule has 0 aliphatic carbocycles. The summed E-state index contributed by atoms with van der Waals surface area (Å²) in [5, 5.41) is 0. The molecule has 0 atom stereocenters. The van der Waals surface area contributed by atoms with Crippen LogP contribution >= 0.6 is 0 Å². The molecule has 0 aliphatic rings. The summed E-state index contributed by atoms with van der Waals surface area (Å²) in [7, 11) is 2.06. The van der Waals surface area contributed by atoms with Gasteiger partial charge >= 0.3 is 0 Å². The maximum atomic E-state index is 5.76. The molecule has 1 aromatic carbocycles. The van der Waals surface area contributed by atoms with Crippen molar-refractivity contribution in [1.29, 1.82) is 0 Å². The zero-order valence-corrected chi connectivity index (χ0v) is 11.1. The minimum Gasteiger partial charge on any atom is -0.344 e. The lowest BCUT2D eigenvalue weighted by Crippen LogP contribution is -2.14. The first kappa shape index (κ1) is 12.6. The maximum Gasteiger partial charge on any atom is 0.0484 e.